The van der Waals surface area contributed by atoms with Crippen molar-refractivity contribution in [2.24, 2.45) is 0 Å². The first-order valence-electron chi connectivity index (χ1n) is 8.62. The Hall–Kier alpha value is -2.86. The molecule has 1 aromatic carbocycles. The van der Waals surface area contributed by atoms with Gasteiger partial charge in [0.2, 0.25) is 5.91 Å². The van der Waals surface area contributed by atoms with Crippen LogP contribution in [-0.4, -0.2) is 70.9 Å². The summed E-state index contributed by atoms with van der Waals surface area (Å²) < 4.78 is 1.24. The lowest BCUT2D eigenvalue weighted by Gasteiger charge is -2.49. The number of carbonyl (C=O) groups is 3. The van der Waals surface area contributed by atoms with Crippen LogP contribution in [0.25, 0.3) is 0 Å². The summed E-state index contributed by atoms with van der Waals surface area (Å²) >= 11 is 2.97. The Balaban J connectivity index is 1.44. The summed E-state index contributed by atoms with van der Waals surface area (Å²) in [5, 5.41) is 22.4. The second-order valence-corrected chi connectivity index (χ2v) is 8.48. The minimum Gasteiger partial charge on any atom is -0.477 e. The molecule has 1 saturated heterocycles. The van der Waals surface area contributed by atoms with Crippen LogP contribution >= 0.6 is 23.5 Å². The van der Waals surface area contributed by atoms with E-state index in [-0.39, 0.29) is 12.2 Å². The van der Waals surface area contributed by atoms with E-state index in [2.05, 4.69) is 20.8 Å². The van der Waals surface area contributed by atoms with Gasteiger partial charge in [-0.25, -0.2) is 9.48 Å². The van der Waals surface area contributed by atoms with Gasteiger partial charge in [-0.05, 0) is 28.1 Å². The molecule has 0 saturated carbocycles. The molecule has 0 bridgehead atoms. The van der Waals surface area contributed by atoms with Gasteiger partial charge in [0.25, 0.3) is 5.91 Å². The predicted molar refractivity (Wildman–Crippen MR) is 105 cm³/mol. The molecule has 2 N–H and O–H groups in total. The van der Waals surface area contributed by atoms with Gasteiger partial charge in [-0.1, -0.05) is 18.2 Å². The van der Waals surface area contributed by atoms with Crippen LogP contribution in [0.2, 0.25) is 0 Å². The standard InChI is InChI=1S/C17H16N6O4S2/c24-12(6-22-9-18-20-21-22)19-13-15(25)23-14(17(26)27)10(8-29-16(13)23)7-28-11-4-2-1-3-5-11/h1-5,9,13,16H,6-8H2,(H,19,24)(H,26,27)/t13?,16-/m1/s1. The fourth-order valence-corrected chi connectivity index (χ4v) is 5.50. The van der Waals surface area contributed by atoms with E-state index in [0.717, 1.165) is 4.90 Å². The van der Waals surface area contributed by atoms with Crippen LogP contribution in [0.5, 0.6) is 0 Å². The Morgan fingerprint density at radius 1 is 1.31 bits per heavy atom. The van der Waals surface area contributed by atoms with Crippen LogP contribution in [0.3, 0.4) is 0 Å². The Kier molecular flexibility index (Phi) is 5.53. The number of β-lactam (4-membered cyclic amide) rings is 1. The summed E-state index contributed by atoms with van der Waals surface area (Å²) in [4.78, 5) is 38.9. The molecule has 4 rings (SSSR count). The molecule has 2 aliphatic heterocycles. The quantitative estimate of drug-likeness (QED) is 0.465. The minimum absolute atomic E-state index is 0.0214. The maximum absolute atomic E-state index is 12.6. The number of aromatic nitrogens is 4. The van der Waals surface area contributed by atoms with Crippen molar-refractivity contribution >= 4 is 41.3 Å². The monoisotopic (exact) mass is 432 g/mol. The zero-order valence-electron chi connectivity index (χ0n) is 15.0. The molecule has 0 radical (unpaired) electrons. The number of amides is 2. The highest BCUT2D eigenvalue weighted by atomic mass is 32.2. The predicted octanol–water partition coefficient (Wildman–Crippen LogP) is 0.204. The molecule has 29 heavy (non-hydrogen) atoms. The van der Waals surface area contributed by atoms with Gasteiger partial charge in [-0.15, -0.1) is 28.6 Å². The lowest BCUT2D eigenvalue weighted by atomic mass is 10.0. The van der Waals surface area contributed by atoms with Crippen molar-refractivity contribution in [2.45, 2.75) is 22.9 Å². The zero-order chi connectivity index (χ0) is 20.4. The highest BCUT2D eigenvalue weighted by Crippen LogP contribution is 2.41. The maximum atomic E-state index is 12.6. The fraction of sp³-hybridized carbons (Fsp3) is 0.294. The lowest BCUT2D eigenvalue weighted by Crippen LogP contribution is -2.70. The summed E-state index contributed by atoms with van der Waals surface area (Å²) in [5.74, 6) is -1.01. The zero-order valence-corrected chi connectivity index (χ0v) is 16.6. The number of thioether (sulfide) groups is 2. The van der Waals surface area contributed by atoms with E-state index >= 15 is 0 Å². The number of carbonyl (C=O) groups excluding carboxylic acids is 2. The molecule has 10 nitrogen and oxygen atoms in total. The molecule has 2 atom stereocenters. The number of hydrogen-bond donors (Lipinski definition) is 2. The number of nitrogens with one attached hydrogen (secondary N) is 1. The molecule has 2 aliphatic rings. The molecule has 1 aromatic heterocycles. The van der Waals surface area contributed by atoms with Crippen LogP contribution in [0, 0.1) is 0 Å². The van der Waals surface area contributed by atoms with Crippen LogP contribution in [0.1, 0.15) is 0 Å². The first kappa shape index (κ1) is 19.5. The molecule has 0 spiro atoms. The molecule has 150 valence electrons. The Morgan fingerprint density at radius 3 is 2.79 bits per heavy atom. The number of hydrogen-bond acceptors (Lipinski definition) is 8. The van der Waals surface area contributed by atoms with E-state index < -0.39 is 29.2 Å². The van der Waals surface area contributed by atoms with Gasteiger partial charge >= 0.3 is 5.97 Å². The van der Waals surface area contributed by atoms with E-state index in [1.54, 1.807) is 0 Å². The van der Waals surface area contributed by atoms with Crippen molar-refractivity contribution in [3.8, 4) is 0 Å². The van der Waals surface area contributed by atoms with E-state index in [1.165, 1.54) is 39.4 Å². The van der Waals surface area contributed by atoms with Crippen LogP contribution in [0.15, 0.2) is 52.8 Å². The van der Waals surface area contributed by atoms with Crippen molar-refractivity contribution in [1.82, 2.24) is 30.4 Å². The lowest BCUT2D eigenvalue weighted by molar-refractivity contribution is -0.150. The molecule has 2 aromatic rings. The average Bonchev–Trinajstić information content (AvgIpc) is 3.23. The fourth-order valence-electron chi connectivity index (χ4n) is 3.10. The number of fused-ring (bicyclic) bond motifs is 1. The molecule has 2 amide bonds. The number of carboxylic acids is 1. The smallest absolute Gasteiger partial charge is 0.352 e. The number of tetrazole rings is 1. The molecular weight excluding hydrogens is 416 g/mol. The third kappa shape index (κ3) is 3.98. The molecule has 12 heteroatoms. The third-order valence-corrected chi connectivity index (χ3v) is 6.86. The summed E-state index contributed by atoms with van der Waals surface area (Å²) in [6.45, 7) is -0.116. The second kappa shape index (κ2) is 8.25. The molecule has 1 unspecified atom stereocenters. The van der Waals surface area contributed by atoms with Gasteiger partial charge in [0.05, 0.1) is 0 Å². The number of rotatable bonds is 7. The Labute approximate surface area is 173 Å². The highest BCUT2D eigenvalue weighted by molar-refractivity contribution is 8.01. The van der Waals surface area contributed by atoms with Gasteiger partial charge in [-0.3, -0.25) is 14.5 Å². The van der Waals surface area contributed by atoms with E-state index in [9.17, 15) is 19.5 Å². The Bertz CT molecular complexity index is 966. The molecule has 3 heterocycles. The van der Waals surface area contributed by atoms with Gasteiger partial charge in [0, 0.05) is 16.4 Å². The average molecular weight is 432 g/mol. The highest BCUT2D eigenvalue weighted by Gasteiger charge is 2.54. The SMILES string of the molecule is O=C(Cn1cnnn1)NC1C(=O)N2C(C(=O)O)=C(CSc3ccccc3)CS[C@H]12. The number of carboxylic acid groups (broad SMARTS) is 1. The first-order chi connectivity index (χ1) is 14.0. The normalized spacial score (nSPS) is 20.8. The first-order valence-corrected chi connectivity index (χ1v) is 10.7. The van der Waals surface area contributed by atoms with Crippen molar-refractivity contribution in [3.05, 3.63) is 47.9 Å². The van der Waals surface area contributed by atoms with Crippen LogP contribution in [0.4, 0.5) is 0 Å². The van der Waals surface area contributed by atoms with Crippen LogP contribution < -0.4 is 5.32 Å². The maximum Gasteiger partial charge on any atom is 0.352 e. The van der Waals surface area contributed by atoms with Gasteiger partial charge in [-0.2, -0.15) is 0 Å². The minimum atomic E-state index is -1.13. The van der Waals surface area contributed by atoms with Gasteiger partial charge < -0.3 is 10.4 Å². The molecular formula is C17H16N6O4S2. The van der Waals surface area contributed by atoms with Crippen molar-refractivity contribution in [2.75, 3.05) is 11.5 Å². The summed E-state index contributed by atoms with van der Waals surface area (Å²) in [6, 6.07) is 8.90. The Morgan fingerprint density at radius 2 is 2.10 bits per heavy atom. The molecule has 0 aliphatic carbocycles. The van der Waals surface area contributed by atoms with Crippen molar-refractivity contribution < 1.29 is 19.5 Å². The number of benzene rings is 1. The van der Waals surface area contributed by atoms with Crippen LogP contribution in [-0.2, 0) is 20.9 Å². The van der Waals surface area contributed by atoms with Gasteiger partial charge in [0.15, 0.2) is 0 Å². The number of nitrogens with zero attached hydrogens (tertiary/aromatic N) is 5. The second-order valence-electron chi connectivity index (χ2n) is 6.32. The largest absolute Gasteiger partial charge is 0.477 e. The number of aliphatic carboxylic acids is 1. The van der Waals surface area contributed by atoms with E-state index in [1.807, 2.05) is 30.3 Å². The summed E-state index contributed by atoms with van der Waals surface area (Å²) in [5.41, 5.74) is 0.715. The van der Waals surface area contributed by atoms with E-state index in [0.29, 0.717) is 17.1 Å². The molecule has 1 fully saturated rings. The van der Waals surface area contributed by atoms with Crippen molar-refractivity contribution in [3.63, 3.8) is 0 Å². The third-order valence-electron chi connectivity index (χ3n) is 4.42. The summed E-state index contributed by atoms with van der Waals surface area (Å²) in [7, 11) is 0. The van der Waals surface area contributed by atoms with Crippen molar-refractivity contribution in [1.29, 1.82) is 0 Å². The van der Waals surface area contributed by atoms with E-state index in [4.69, 9.17) is 0 Å². The topological polar surface area (TPSA) is 130 Å². The van der Waals surface area contributed by atoms with Gasteiger partial charge in [0.1, 0.15) is 30.0 Å². The summed E-state index contributed by atoms with van der Waals surface area (Å²) in [6.07, 6.45) is 1.30.